The van der Waals surface area contributed by atoms with Crippen LogP contribution in [0, 0.1) is 0 Å². The minimum absolute atomic E-state index is 0.0485. The van der Waals surface area contributed by atoms with Gasteiger partial charge in [-0.2, -0.15) is 5.10 Å². The van der Waals surface area contributed by atoms with Crippen molar-refractivity contribution in [1.82, 2.24) is 19.7 Å². The molecule has 1 aliphatic heterocycles. The minimum Gasteiger partial charge on any atom is -0.377 e. The Hall–Kier alpha value is -1.95. The average Bonchev–Trinajstić information content (AvgIpc) is 3.30. The fraction of sp³-hybridized carbons (Fsp3) is 0.632. The molecule has 6 nitrogen and oxygen atoms in total. The Morgan fingerprint density at radius 2 is 2.08 bits per heavy atom. The number of nitrogens with zero attached hydrogens (tertiary/aromatic N) is 4. The van der Waals surface area contributed by atoms with Crippen molar-refractivity contribution in [2.45, 2.75) is 57.6 Å². The number of piperidine rings is 1. The first-order valence-electron chi connectivity index (χ1n) is 9.50. The van der Waals surface area contributed by atoms with Crippen molar-refractivity contribution in [3.8, 4) is 0 Å². The molecule has 6 heteroatoms. The molecule has 2 fully saturated rings. The number of pyridine rings is 1. The number of carbonyl (C=O) groups is 1. The first-order valence-corrected chi connectivity index (χ1v) is 9.50. The van der Waals surface area contributed by atoms with Crippen molar-refractivity contribution in [3.05, 3.63) is 24.0 Å². The molecule has 0 aromatic carbocycles. The van der Waals surface area contributed by atoms with E-state index in [1.807, 2.05) is 28.8 Å². The summed E-state index contributed by atoms with van der Waals surface area (Å²) in [6.45, 7) is 4.16. The Kier molecular flexibility index (Phi) is 4.70. The molecule has 0 unspecified atom stereocenters. The van der Waals surface area contributed by atoms with E-state index >= 15 is 0 Å². The van der Waals surface area contributed by atoms with Gasteiger partial charge in [-0.25, -0.2) is 9.67 Å². The fourth-order valence-corrected chi connectivity index (χ4v) is 4.15. The molecule has 2 aromatic rings. The summed E-state index contributed by atoms with van der Waals surface area (Å²) in [5, 5.41) is 5.49. The second kappa shape index (κ2) is 7.12. The third-order valence-corrected chi connectivity index (χ3v) is 5.42. The number of amides is 1. The lowest BCUT2D eigenvalue weighted by Gasteiger charge is -2.32. The van der Waals surface area contributed by atoms with Crippen molar-refractivity contribution in [1.29, 1.82) is 0 Å². The number of hydrogen-bond donors (Lipinski definition) is 0. The molecule has 25 heavy (non-hydrogen) atoms. The van der Waals surface area contributed by atoms with Gasteiger partial charge in [0.15, 0.2) is 5.65 Å². The topological polar surface area (TPSA) is 60.2 Å². The summed E-state index contributed by atoms with van der Waals surface area (Å²) in [6.07, 6.45) is 10.6. The second-order valence-corrected chi connectivity index (χ2v) is 7.13. The third kappa shape index (κ3) is 3.27. The van der Waals surface area contributed by atoms with Gasteiger partial charge in [0.25, 0.3) is 5.91 Å². The SMILES string of the molecule is CCO[C@@H]1CCCN(C(=O)c2cnc3c(cnn3C3CCCC3)c2)C1. The number of likely N-dealkylation sites (tertiary alicyclic amines) is 1. The van der Waals surface area contributed by atoms with Crippen molar-refractivity contribution in [2.75, 3.05) is 19.7 Å². The monoisotopic (exact) mass is 342 g/mol. The molecular formula is C19H26N4O2. The third-order valence-electron chi connectivity index (χ3n) is 5.42. The maximum atomic E-state index is 12.9. The standard InChI is InChI=1S/C19H26N4O2/c1-2-25-17-8-5-9-22(13-17)19(24)15-10-14-12-21-23(18(14)20-11-15)16-6-3-4-7-16/h10-12,16-17H,2-9,13H2,1H3/t17-/m1/s1. The molecule has 1 amide bonds. The molecule has 3 heterocycles. The van der Waals surface area contributed by atoms with E-state index in [4.69, 9.17) is 4.74 Å². The maximum absolute atomic E-state index is 12.9. The maximum Gasteiger partial charge on any atom is 0.255 e. The molecule has 1 atom stereocenters. The first-order chi connectivity index (χ1) is 12.3. The summed E-state index contributed by atoms with van der Waals surface area (Å²) >= 11 is 0. The van der Waals surface area contributed by atoms with Crippen LogP contribution in [0.15, 0.2) is 18.5 Å². The number of hydrogen-bond acceptors (Lipinski definition) is 4. The molecule has 134 valence electrons. The van der Waals surface area contributed by atoms with E-state index in [-0.39, 0.29) is 12.0 Å². The zero-order valence-corrected chi connectivity index (χ0v) is 14.9. The molecule has 2 aromatic heterocycles. The predicted molar refractivity (Wildman–Crippen MR) is 95.6 cm³/mol. The molecule has 1 aliphatic carbocycles. The van der Waals surface area contributed by atoms with Crippen molar-refractivity contribution >= 4 is 16.9 Å². The summed E-state index contributed by atoms with van der Waals surface area (Å²) < 4.78 is 7.75. The van der Waals surface area contributed by atoms with Crippen LogP contribution in [0.2, 0.25) is 0 Å². The Morgan fingerprint density at radius 1 is 1.24 bits per heavy atom. The van der Waals surface area contributed by atoms with Crippen LogP contribution in [-0.4, -0.2) is 51.4 Å². The highest BCUT2D eigenvalue weighted by atomic mass is 16.5. The molecule has 1 saturated heterocycles. The summed E-state index contributed by atoms with van der Waals surface area (Å²) in [5.74, 6) is 0.0485. The van der Waals surface area contributed by atoms with Gasteiger partial charge in [0, 0.05) is 31.3 Å². The molecule has 0 radical (unpaired) electrons. The molecule has 0 spiro atoms. The van der Waals surface area contributed by atoms with E-state index in [0.29, 0.717) is 24.8 Å². The lowest BCUT2D eigenvalue weighted by atomic mass is 10.1. The summed E-state index contributed by atoms with van der Waals surface area (Å²) in [6, 6.07) is 2.40. The Morgan fingerprint density at radius 3 is 2.88 bits per heavy atom. The molecule has 4 rings (SSSR count). The largest absolute Gasteiger partial charge is 0.377 e. The number of aromatic nitrogens is 3. The van der Waals surface area contributed by atoms with Crippen LogP contribution in [0.4, 0.5) is 0 Å². The minimum atomic E-state index is 0.0485. The van der Waals surface area contributed by atoms with Gasteiger partial charge >= 0.3 is 0 Å². The Bertz CT molecular complexity index is 749. The van der Waals surface area contributed by atoms with E-state index in [1.54, 1.807) is 6.20 Å². The number of fused-ring (bicyclic) bond motifs is 1. The number of carbonyl (C=O) groups excluding carboxylic acids is 1. The smallest absolute Gasteiger partial charge is 0.255 e. The van der Waals surface area contributed by atoms with Gasteiger partial charge in [-0.15, -0.1) is 0 Å². The van der Waals surface area contributed by atoms with Gasteiger partial charge in [0.1, 0.15) is 0 Å². The van der Waals surface area contributed by atoms with Gasteiger partial charge in [-0.3, -0.25) is 4.79 Å². The quantitative estimate of drug-likeness (QED) is 0.856. The van der Waals surface area contributed by atoms with E-state index in [1.165, 1.54) is 25.7 Å². The highest BCUT2D eigenvalue weighted by Crippen LogP contribution is 2.31. The van der Waals surface area contributed by atoms with Crippen LogP contribution in [0.25, 0.3) is 11.0 Å². The van der Waals surface area contributed by atoms with Gasteiger partial charge in [0.2, 0.25) is 0 Å². The first kappa shape index (κ1) is 16.5. The Balaban J connectivity index is 1.54. The van der Waals surface area contributed by atoms with Crippen molar-refractivity contribution in [3.63, 3.8) is 0 Å². The van der Waals surface area contributed by atoms with Gasteiger partial charge in [-0.05, 0) is 38.7 Å². The van der Waals surface area contributed by atoms with Gasteiger partial charge in [0.05, 0.1) is 23.9 Å². The van der Waals surface area contributed by atoms with Crippen LogP contribution in [0.5, 0.6) is 0 Å². The summed E-state index contributed by atoms with van der Waals surface area (Å²) in [7, 11) is 0. The highest BCUT2D eigenvalue weighted by molar-refractivity contribution is 5.96. The zero-order chi connectivity index (χ0) is 17.2. The van der Waals surface area contributed by atoms with Crippen LogP contribution in [0.1, 0.15) is 61.8 Å². The Labute approximate surface area is 148 Å². The number of rotatable bonds is 4. The zero-order valence-electron chi connectivity index (χ0n) is 14.9. The van der Waals surface area contributed by atoms with Crippen molar-refractivity contribution in [2.24, 2.45) is 0 Å². The second-order valence-electron chi connectivity index (χ2n) is 7.13. The molecule has 0 N–H and O–H groups in total. The van der Waals surface area contributed by atoms with Crippen molar-refractivity contribution < 1.29 is 9.53 Å². The van der Waals surface area contributed by atoms with Gasteiger partial charge in [-0.1, -0.05) is 12.8 Å². The molecule has 1 saturated carbocycles. The predicted octanol–water partition coefficient (Wildman–Crippen LogP) is 3.19. The van der Waals surface area contributed by atoms with E-state index in [2.05, 4.69) is 10.1 Å². The lowest BCUT2D eigenvalue weighted by molar-refractivity contribution is 0.00723. The fourth-order valence-electron chi connectivity index (χ4n) is 4.15. The molecule has 0 bridgehead atoms. The molecular weight excluding hydrogens is 316 g/mol. The van der Waals surface area contributed by atoms with E-state index in [0.717, 1.165) is 30.4 Å². The van der Waals surface area contributed by atoms with Crippen LogP contribution < -0.4 is 0 Å². The number of ether oxygens (including phenoxy) is 1. The normalized spacial score (nSPS) is 22.0. The van der Waals surface area contributed by atoms with E-state index < -0.39 is 0 Å². The average molecular weight is 342 g/mol. The summed E-state index contributed by atoms with van der Waals surface area (Å²) in [5.41, 5.74) is 1.55. The molecule has 2 aliphatic rings. The van der Waals surface area contributed by atoms with Crippen LogP contribution in [0.3, 0.4) is 0 Å². The van der Waals surface area contributed by atoms with Gasteiger partial charge < -0.3 is 9.64 Å². The van der Waals surface area contributed by atoms with Crippen LogP contribution in [-0.2, 0) is 4.74 Å². The van der Waals surface area contributed by atoms with Crippen LogP contribution >= 0.6 is 0 Å². The lowest BCUT2D eigenvalue weighted by Crippen LogP contribution is -2.43. The van der Waals surface area contributed by atoms with E-state index in [9.17, 15) is 4.79 Å². The summed E-state index contributed by atoms with van der Waals surface area (Å²) in [4.78, 5) is 19.3. The highest BCUT2D eigenvalue weighted by Gasteiger charge is 2.26.